The molecule has 0 aromatic heterocycles. The summed E-state index contributed by atoms with van der Waals surface area (Å²) < 4.78 is 27.2. The predicted molar refractivity (Wildman–Crippen MR) is 93.5 cm³/mol. The second-order valence-corrected chi connectivity index (χ2v) is 8.43. The van der Waals surface area contributed by atoms with E-state index in [4.69, 9.17) is 0 Å². The Labute approximate surface area is 143 Å². The normalized spacial score (nSPS) is 19.3. The van der Waals surface area contributed by atoms with Crippen LogP contribution >= 0.6 is 0 Å². The number of rotatable bonds is 6. The predicted octanol–water partition coefficient (Wildman–Crippen LogP) is 1.68. The maximum atomic E-state index is 12.8. The van der Waals surface area contributed by atoms with Gasteiger partial charge in [0.25, 0.3) is 0 Å². The summed E-state index contributed by atoms with van der Waals surface area (Å²) >= 11 is 0. The highest BCUT2D eigenvalue weighted by molar-refractivity contribution is 7.89. The number of anilines is 1. The molecule has 0 saturated carbocycles. The van der Waals surface area contributed by atoms with Crippen molar-refractivity contribution in [3.63, 3.8) is 0 Å². The maximum Gasteiger partial charge on any atom is 0.243 e. The van der Waals surface area contributed by atoms with Gasteiger partial charge in [-0.05, 0) is 36.7 Å². The summed E-state index contributed by atoms with van der Waals surface area (Å²) in [5.74, 6) is -0.0831. The van der Waals surface area contributed by atoms with E-state index in [1.807, 2.05) is 0 Å². The Bertz CT molecular complexity index is 710. The third kappa shape index (κ3) is 3.63. The largest absolute Gasteiger partial charge is 0.326 e. The van der Waals surface area contributed by atoms with Crippen molar-refractivity contribution in [2.45, 2.75) is 37.5 Å². The summed E-state index contributed by atoms with van der Waals surface area (Å²) in [4.78, 5) is 14.1. The number of hydrogen-bond acceptors (Lipinski definition) is 4. The van der Waals surface area contributed by atoms with Gasteiger partial charge in [0.05, 0.1) is 11.3 Å². The number of benzene rings is 1. The quantitative estimate of drug-likeness (QED) is 0.792. The van der Waals surface area contributed by atoms with Crippen LogP contribution in [0.3, 0.4) is 0 Å². The van der Waals surface area contributed by atoms with Gasteiger partial charge in [-0.1, -0.05) is 19.8 Å². The van der Waals surface area contributed by atoms with Crippen LogP contribution in [-0.4, -0.2) is 56.3 Å². The molecule has 132 valence electrons. The Morgan fingerprint density at radius 3 is 2.58 bits per heavy atom. The second kappa shape index (κ2) is 7.21. The van der Waals surface area contributed by atoms with Crippen LogP contribution in [0.1, 0.15) is 31.7 Å². The molecule has 1 N–H and O–H groups in total. The van der Waals surface area contributed by atoms with Crippen molar-refractivity contribution in [2.24, 2.45) is 0 Å². The van der Waals surface area contributed by atoms with Crippen LogP contribution in [0.25, 0.3) is 0 Å². The summed E-state index contributed by atoms with van der Waals surface area (Å²) in [6, 6.07) is 4.91. The number of nitrogens with one attached hydrogen (secondary N) is 1. The van der Waals surface area contributed by atoms with Crippen molar-refractivity contribution in [1.82, 2.24) is 9.21 Å². The fourth-order valence-electron chi connectivity index (χ4n) is 3.29. The van der Waals surface area contributed by atoms with Gasteiger partial charge in [-0.3, -0.25) is 4.79 Å². The summed E-state index contributed by atoms with van der Waals surface area (Å²) in [7, 11) is -3.48. The van der Waals surface area contributed by atoms with Gasteiger partial charge in [0, 0.05) is 31.9 Å². The third-order valence-corrected chi connectivity index (χ3v) is 6.64. The standard InChI is InChI=1S/C17H25N3O3S/c1-2-3-4-7-19-8-10-20(11-9-19)24(22,23)15-5-6-16-14(12-15)13-17(21)18-16/h5-6,12H,2-4,7-11,13H2,1H3,(H,18,21). The number of carbonyl (C=O) groups is 1. The van der Waals surface area contributed by atoms with E-state index in [1.54, 1.807) is 22.5 Å². The van der Waals surface area contributed by atoms with Crippen LogP contribution in [0.15, 0.2) is 23.1 Å². The first-order chi connectivity index (χ1) is 11.5. The van der Waals surface area contributed by atoms with Crippen LogP contribution < -0.4 is 5.32 Å². The van der Waals surface area contributed by atoms with Crippen molar-refractivity contribution < 1.29 is 13.2 Å². The topological polar surface area (TPSA) is 69.7 Å². The Balaban J connectivity index is 1.65. The molecule has 2 aliphatic rings. The molecule has 0 unspecified atom stereocenters. The zero-order valence-corrected chi connectivity index (χ0v) is 14.9. The lowest BCUT2D eigenvalue weighted by Gasteiger charge is -2.34. The molecule has 0 aliphatic carbocycles. The molecule has 3 rings (SSSR count). The number of nitrogens with zero attached hydrogens (tertiary/aromatic N) is 2. The molecular formula is C17H25N3O3S. The molecule has 7 heteroatoms. The van der Waals surface area contributed by atoms with Crippen molar-refractivity contribution in [1.29, 1.82) is 0 Å². The first-order valence-corrected chi connectivity index (χ1v) is 10.1. The molecule has 2 aliphatic heterocycles. The minimum Gasteiger partial charge on any atom is -0.326 e. The van der Waals surface area contributed by atoms with Crippen LogP contribution in [-0.2, 0) is 21.2 Å². The smallest absolute Gasteiger partial charge is 0.243 e. The van der Waals surface area contributed by atoms with Crippen molar-refractivity contribution >= 4 is 21.6 Å². The Morgan fingerprint density at radius 2 is 1.88 bits per heavy atom. The molecule has 2 heterocycles. The molecule has 1 amide bonds. The number of amides is 1. The maximum absolute atomic E-state index is 12.8. The minimum atomic E-state index is -3.48. The molecule has 24 heavy (non-hydrogen) atoms. The molecule has 0 bridgehead atoms. The minimum absolute atomic E-state index is 0.0831. The number of sulfonamides is 1. The third-order valence-electron chi connectivity index (χ3n) is 4.75. The number of fused-ring (bicyclic) bond motifs is 1. The molecule has 1 aromatic rings. The molecule has 0 atom stereocenters. The lowest BCUT2D eigenvalue weighted by atomic mass is 10.2. The fraction of sp³-hybridized carbons (Fsp3) is 0.588. The van der Waals surface area contributed by atoms with E-state index in [9.17, 15) is 13.2 Å². The highest BCUT2D eigenvalue weighted by Crippen LogP contribution is 2.27. The number of piperazine rings is 1. The van der Waals surface area contributed by atoms with Crippen molar-refractivity contribution in [3.8, 4) is 0 Å². The van der Waals surface area contributed by atoms with Crippen LogP contribution in [0.5, 0.6) is 0 Å². The van der Waals surface area contributed by atoms with E-state index >= 15 is 0 Å². The zero-order chi connectivity index (χ0) is 17.2. The van der Waals surface area contributed by atoms with Crippen LogP contribution in [0, 0.1) is 0 Å². The monoisotopic (exact) mass is 351 g/mol. The number of unbranched alkanes of at least 4 members (excludes halogenated alkanes) is 2. The number of hydrogen-bond donors (Lipinski definition) is 1. The summed E-state index contributed by atoms with van der Waals surface area (Å²) in [5, 5.41) is 2.73. The molecule has 1 saturated heterocycles. The summed E-state index contributed by atoms with van der Waals surface area (Å²) in [6.07, 6.45) is 3.85. The Hall–Kier alpha value is -1.44. The van der Waals surface area contributed by atoms with E-state index in [0.717, 1.165) is 30.9 Å². The van der Waals surface area contributed by atoms with Gasteiger partial charge >= 0.3 is 0 Å². The zero-order valence-electron chi connectivity index (χ0n) is 14.1. The van der Waals surface area contributed by atoms with E-state index in [-0.39, 0.29) is 17.2 Å². The molecule has 1 aromatic carbocycles. The lowest BCUT2D eigenvalue weighted by Crippen LogP contribution is -2.48. The van der Waals surface area contributed by atoms with Gasteiger partial charge < -0.3 is 10.2 Å². The van der Waals surface area contributed by atoms with E-state index in [2.05, 4.69) is 17.1 Å². The second-order valence-electron chi connectivity index (χ2n) is 6.50. The van der Waals surface area contributed by atoms with E-state index in [0.29, 0.717) is 13.1 Å². The Kier molecular flexibility index (Phi) is 5.22. The molecule has 0 spiro atoms. The molecule has 1 fully saturated rings. The highest BCUT2D eigenvalue weighted by Gasteiger charge is 2.29. The first kappa shape index (κ1) is 17.4. The fourth-order valence-corrected chi connectivity index (χ4v) is 4.77. The summed E-state index contributed by atoms with van der Waals surface area (Å²) in [6.45, 7) is 5.87. The van der Waals surface area contributed by atoms with Crippen molar-refractivity contribution in [3.05, 3.63) is 23.8 Å². The van der Waals surface area contributed by atoms with Gasteiger partial charge in [-0.25, -0.2) is 8.42 Å². The average Bonchev–Trinajstić information content (AvgIpc) is 2.94. The number of carbonyl (C=O) groups excluding carboxylic acids is 1. The molecule has 0 radical (unpaired) electrons. The van der Waals surface area contributed by atoms with Crippen molar-refractivity contribution in [2.75, 3.05) is 38.0 Å². The SMILES string of the molecule is CCCCCN1CCN(S(=O)(=O)c2ccc3c(c2)CC(=O)N3)CC1. The van der Waals surface area contributed by atoms with Gasteiger partial charge in [-0.2, -0.15) is 4.31 Å². The first-order valence-electron chi connectivity index (χ1n) is 8.66. The lowest BCUT2D eigenvalue weighted by molar-refractivity contribution is -0.115. The van der Waals surface area contributed by atoms with Crippen LogP contribution in [0.4, 0.5) is 5.69 Å². The highest BCUT2D eigenvalue weighted by atomic mass is 32.2. The van der Waals surface area contributed by atoms with Gasteiger partial charge in [0.2, 0.25) is 15.9 Å². The average molecular weight is 351 g/mol. The van der Waals surface area contributed by atoms with Gasteiger partial charge in [0.1, 0.15) is 0 Å². The van der Waals surface area contributed by atoms with E-state index < -0.39 is 10.0 Å². The van der Waals surface area contributed by atoms with E-state index in [1.165, 1.54) is 19.3 Å². The van der Waals surface area contributed by atoms with Gasteiger partial charge in [0.15, 0.2) is 0 Å². The van der Waals surface area contributed by atoms with Crippen LogP contribution in [0.2, 0.25) is 0 Å². The van der Waals surface area contributed by atoms with Gasteiger partial charge in [-0.15, -0.1) is 0 Å². The molecule has 6 nitrogen and oxygen atoms in total. The molecular weight excluding hydrogens is 326 g/mol. The summed E-state index contributed by atoms with van der Waals surface area (Å²) in [5.41, 5.74) is 1.49. The Morgan fingerprint density at radius 1 is 1.12 bits per heavy atom.